The minimum Gasteiger partial charge on any atom is -0.309 e. The topological polar surface area (TPSA) is 9.86 Å². The number of nitrogens with zero attached hydrogens (tertiary/aromatic N) is 2. The van der Waals surface area contributed by atoms with Crippen LogP contribution in [0.3, 0.4) is 0 Å². The first-order valence-corrected chi connectivity index (χ1v) is 14.5. The first-order valence-electron chi connectivity index (χ1n) is 14.5. The molecule has 7 aromatic carbocycles. The Morgan fingerprint density at radius 1 is 0.333 bits per heavy atom. The van der Waals surface area contributed by atoms with Crippen molar-refractivity contribution in [3.05, 3.63) is 158 Å². The van der Waals surface area contributed by atoms with Gasteiger partial charge < -0.3 is 9.13 Å². The third kappa shape index (κ3) is 3.27. The van der Waals surface area contributed by atoms with Crippen LogP contribution in [0.5, 0.6) is 0 Å². The molecule has 0 amide bonds. The van der Waals surface area contributed by atoms with Gasteiger partial charge in [0.1, 0.15) is 0 Å². The summed E-state index contributed by atoms with van der Waals surface area (Å²) in [5, 5.41) is 7.58. The highest BCUT2D eigenvalue weighted by Gasteiger charge is 2.22. The monoisotopic (exact) mass is 534 g/mol. The Bertz CT molecular complexity index is 2440. The van der Waals surface area contributed by atoms with E-state index >= 15 is 0 Å². The molecule has 2 nitrogen and oxygen atoms in total. The summed E-state index contributed by atoms with van der Waals surface area (Å²) < 4.78 is 4.93. The van der Waals surface area contributed by atoms with Gasteiger partial charge in [0.05, 0.1) is 22.1 Å². The second-order valence-electron chi connectivity index (χ2n) is 11.0. The summed E-state index contributed by atoms with van der Waals surface area (Å²) in [7, 11) is 0. The number of para-hydroxylation sites is 2. The number of benzene rings is 7. The molecule has 0 unspecified atom stereocenters. The van der Waals surface area contributed by atoms with Gasteiger partial charge in [-0.1, -0.05) is 121 Å². The number of hydrogen-bond acceptors (Lipinski definition) is 0. The van der Waals surface area contributed by atoms with Crippen LogP contribution in [0, 0.1) is 0 Å². The molecule has 0 bridgehead atoms. The zero-order chi connectivity index (χ0) is 27.6. The molecule has 196 valence electrons. The van der Waals surface area contributed by atoms with Gasteiger partial charge in [0.15, 0.2) is 0 Å². The Kier molecular flexibility index (Phi) is 4.93. The van der Waals surface area contributed by atoms with Gasteiger partial charge in [0.2, 0.25) is 0 Å². The van der Waals surface area contributed by atoms with Crippen LogP contribution in [0.15, 0.2) is 158 Å². The predicted molar refractivity (Wildman–Crippen MR) is 178 cm³/mol. The molecule has 0 aliphatic heterocycles. The smallest absolute Gasteiger partial charge is 0.0641 e. The number of hydrogen-bond donors (Lipinski definition) is 0. The van der Waals surface area contributed by atoms with Gasteiger partial charge >= 0.3 is 0 Å². The van der Waals surface area contributed by atoms with Gasteiger partial charge in [0, 0.05) is 38.3 Å². The Morgan fingerprint density at radius 3 is 1.83 bits per heavy atom. The summed E-state index contributed by atoms with van der Waals surface area (Å²) in [4.78, 5) is 0. The molecule has 0 saturated heterocycles. The lowest BCUT2D eigenvalue weighted by molar-refractivity contribution is 1.18. The Labute approximate surface area is 243 Å². The molecule has 0 atom stereocenters. The SMILES string of the molecule is c1ccc(-c2cccc(-n3c4ccccc4c4ccc5c(c6ccc7ccccc7c6n5-c5ccccc5)c43)c2)cc1. The standard InChI is InChI=1S/C40H26N2/c1-3-12-27(13-4-1)29-15-11-18-31(26-29)42-36-21-10-9-20-33(36)34-24-25-37-38(40(34)42)35-23-22-28-14-7-8-19-32(28)39(35)41(37)30-16-5-2-6-17-30/h1-26H. The minimum atomic E-state index is 1.16. The van der Waals surface area contributed by atoms with Crippen LogP contribution < -0.4 is 0 Å². The molecule has 0 aliphatic carbocycles. The van der Waals surface area contributed by atoms with Crippen LogP contribution in [0.4, 0.5) is 0 Å². The van der Waals surface area contributed by atoms with Crippen LogP contribution in [-0.4, -0.2) is 9.13 Å². The van der Waals surface area contributed by atoms with E-state index in [4.69, 9.17) is 0 Å². The molecular weight excluding hydrogens is 508 g/mol. The fourth-order valence-corrected chi connectivity index (χ4v) is 6.89. The molecule has 9 aromatic rings. The molecular formula is C40H26N2. The van der Waals surface area contributed by atoms with Crippen molar-refractivity contribution in [3.63, 3.8) is 0 Å². The van der Waals surface area contributed by atoms with Crippen LogP contribution >= 0.6 is 0 Å². The van der Waals surface area contributed by atoms with Crippen molar-refractivity contribution in [1.29, 1.82) is 0 Å². The lowest BCUT2D eigenvalue weighted by Crippen LogP contribution is -1.96. The average molecular weight is 535 g/mol. The number of aromatic nitrogens is 2. The van der Waals surface area contributed by atoms with E-state index in [0.29, 0.717) is 0 Å². The number of rotatable bonds is 3. The van der Waals surface area contributed by atoms with Gasteiger partial charge in [-0.2, -0.15) is 0 Å². The molecule has 42 heavy (non-hydrogen) atoms. The molecule has 0 aliphatic rings. The zero-order valence-corrected chi connectivity index (χ0v) is 22.9. The van der Waals surface area contributed by atoms with E-state index in [1.54, 1.807) is 0 Å². The fourth-order valence-electron chi connectivity index (χ4n) is 6.89. The molecule has 0 N–H and O–H groups in total. The molecule has 9 rings (SSSR count). The normalized spacial score (nSPS) is 11.8. The summed E-state index contributed by atoms with van der Waals surface area (Å²) in [5.41, 5.74) is 9.68. The van der Waals surface area contributed by atoms with E-state index in [1.165, 1.54) is 71.2 Å². The average Bonchev–Trinajstić information content (AvgIpc) is 3.59. The van der Waals surface area contributed by atoms with Gasteiger partial charge in [-0.3, -0.25) is 0 Å². The van der Waals surface area contributed by atoms with Crippen molar-refractivity contribution in [1.82, 2.24) is 9.13 Å². The first kappa shape index (κ1) is 23.1. The van der Waals surface area contributed by atoms with E-state index < -0.39 is 0 Å². The first-order chi connectivity index (χ1) is 20.9. The van der Waals surface area contributed by atoms with Crippen molar-refractivity contribution >= 4 is 54.4 Å². The van der Waals surface area contributed by atoms with Crippen molar-refractivity contribution in [2.45, 2.75) is 0 Å². The van der Waals surface area contributed by atoms with Gasteiger partial charge in [0.25, 0.3) is 0 Å². The lowest BCUT2D eigenvalue weighted by Gasteiger charge is -2.12. The molecule has 0 radical (unpaired) electrons. The van der Waals surface area contributed by atoms with Crippen LogP contribution in [0.25, 0.3) is 76.9 Å². The highest BCUT2D eigenvalue weighted by atomic mass is 15.0. The van der Waals surface area contributed by atoms with Crippen LogP contribution in [-0.2, 0) is 0 Å². The Balaban J connectivity index is 1.49. The van der Waals surface area contributed by atoms with Crippen LogP contribution in [0.2, 0.25) is 0 Å². The summed E-state index contributed by atoms with van der Waals surface area (Å²) in [6.07, 6.45) is 0. The lowest BCUT2D eigenvalue weighted by atomic mass is 10.0. The maximum atomic E-state index is 2.48. The second kappa shape index (κ2) is 8.95. The molecule has 2 heterocycles. The largest absolute Gasteiger partial charge is 0.309 e. The van der Waals surface area contributed by atoms with E-state index in [9.17, 15) is 0 Å². The highest BCUT2D eigenvalue weighted by Crippen LogP contribution is 2.43. The molecule has 0 saturated carbocycles. The Hall–Kier alpha value is -5.60. The summed E-state index contributed by atoms with van der Waals surface area (Å²) >= 11 is 0. The summed E-state index contributed by atoms with van der Waals surface area (Å²) in [6.45, 7) is 0. The molecule has 2 heteroatoms. The molecule has 0 fully saturated rings. The highest BCUT2D eigenvalue weighted by molar-refractivity contribution is 6.29. The molecule has 2 aromatic heterocycles. The third-order valence-electron chi connectivity index (χ3n) is 8.67. The second-order valence-corrected chi connectivity index (χ2v) is 11.0. The van der Waals surface area contributed by atoms with Crippen molar-refractivity contribution in [3.8, 4) is 22.5 Å². The fraction of sp³-hybridized carbons (Fsp3) is 0. The predicted octanol–water partition coefficient (Wildman–Crippen LogP) is 10.7. The van der Waals surface area contributed by atoms with Gasteiger partial charge in [-0.25, -0.2) is 0 Å². The maximum Gasteiger partial charge on any atom is 0.0641 e. The van der Waals surface area contributed by atoms with E-state index in [2.05, 4.69) is 167 Å². The summed E-state index contributed by atoms with van der Waals surface area (Å²) in [5.74, 6) is 0. The quantitative estimate of drug-likeness (QED) is 0.213. The van der Waals surface area contributed by atoms with E-state index in [0.717, 1.165) is 5.69 Å². The zero-order valence-electron chi connectivity index (χ0n) is 22.9. The van der Waals surface area contributed by atoms with Crippen molar-refractivity contribution < 1.29 is 0 Å². The molecule has 0 spiro atoms. The minimum absolute atomic E-state index is 1.16. The Morgan fingerprint density at radius 2 is 0.976 bits per heavy atom. The van der Waals surface area contributed by atoms with Gasteiger partial charge in [-0.15, -0.1) is 0 Å². The number of fused-ring (bicyclic) bond motifs is 9. The van der Waals surface area contributed by atoms with E-state index in [1.807, 2.05) is 0 Å². The van der Waals surface area contributed by atoms with Gasteiger partial charge in [-0.05, 0) is 52.9 Å². The third-order valence-corrected chi connectivity index (χ3v) is 8.67. The van der Waals surface area contributed by atoms with Crippen molar-refractivity contribution in [2.75, 3.05) is 0 Å². The van der Waals surface area contributed by atoms with E-state index in [-0.39, 0.29) is 0 Å². The van der Waals surface area contributed by atoms with Crippen LogP contribution in [0.1, 0.15) is 0 Å². The maximum absolute atomic E-state index is 2.48. The summed E-state index contributed by atoms with van der Waals surface area (Å²) in [6, 6.07) is 57.1. The van der Waals surface area contributed by atoms with Crippen molar-refractivity contribution in [2.24, 2.45) is 0 Å².